The molecule has 0 spiro atoms. The van der Waals surface area contributed by atoms with Gasteiger partial charge in [0, 0.05) is 11.8 Å². The Labute approximate surface area is 90.1 Å². The quantitative estimate of drug-likeness (QED) is 0.568. The number of hydrogen-bond acceptors (Lipinski definition) is 2. The summed E-state index contributed by atoms with van der Waals surface area (Å²) in [4.78, 5) is 23.7. The Kier molecular flexibility index (Phi) is 2.37. The molecule has 0 aliphatic heterocycles. The second-order valence-corrected chi connectivity index (χ2v) is 4.78. The molecule has 0 saturated carbocycles. The Hall–Kier alpha value is -1.18. The van der Waals surface area contributed by atoms with E-state index in [1.807, 2.05) is 0 Å². The van der Waals surface area contributed by atoms with Gasteiger partial charge in [-0.1, -0.05) is 11.1 Å². The maximum Gasteiger partial charge on any atom is 0.162 e. The molecule has 15 heavy (non-hydrogen) atoms. The lowest BCUT2D eigenvalue weighted by molar-refractivity contribution is -0.130. The van der Waals surface area contributed by atoms with Crippen molar-refractivity contribution in [3.05, 3.63) is 22.8 Å². The highest BCUT2D eigenvalue weighted by atomic mass is 16.1. The minimum atomic E-state index is -0.0788. The number of ketones is 2. The molecule has 0 bridgehead atoms. The summed E-state index contributed by atoms with van der Waals surface area (Å²) in [6, 6.07) is 0. The van der Waals surface area contributed by atoms with Crippen LogP contribution < -0.4 is 0 Å². The first-order valence-electron chi connectivity index (χ1n) is 5.42. The van der Waals surface area contributed by atoms with Gasteiger partial charge < -0.3 is 0 Å². The zero-order chi connectivity index (χ0) is 11.2. The Morgan fingerprint density at radius 2 is 1.53 bits per heavy atom. The van der Waals surface area contributed by atoms with E-state index in [1.54, 1.807) is 6.92 Å². The molecule has 2 rings (SSSR count). The van der Waals surface area contributed by atoms with E-state index in [9.17, 15) is 9.59 Å². The van der Waals surface area contributed by atoms with Crippen LogP contribution >= 0.6 is 0 Å². The molecule has 0 radical (unpaired) electrons. The van der Waals surface area contributed by atoms with Crippen LogP contribution in [0.15, 0.2) is 22.8 Å². The van der Waals surface area contributed by atoms with Crippen molar-refractivity contribution in [1.82, 2.24) is 0 Å². The summed E-state index contributed by atoms with van der Waals surface area (Å²) >= 11 is 0. The minimum absolute atomic E-state index is 0.0776. The lowest BCUT2D eigenvalue weighted by atomic mass is 9.69. The molecule has 0 aromatic rings. The standard InChI is InChI=1S/C13H16O2/c1-7-4-10-11(5-8(7)2)13(15)9(3)6-12(10)14/h6,10-11H,4-5H2,1-3H3/t10-,11+/m1/s1. The van der Waals surface area contributed by atoms with Crippen LogP contribution in [0.1, 0.15) is 33.6 Å². The first kappa shape index (κ1) is 10.3. The van der Waals surface area contributed by atoms with Crippen LogP contribution in [0, 0.1) is 11.8 Å². The Bertz CT molecular complexity index is 399. The molecule has 0 amide bonds. The lowest BCUT2D eigenvalue weighted by Crippen LogP contribution is -2.36. The summed E-state index contributed by atoms with van der Waals surface area (Å²) in [6.07, 6.45) is 3.06. The van der Waals surface area contributed by atoms with Crippen molar-refractivity contribution in [2.45, 2.75) is 33.6 Å². The van der Waals surface area contributed by atoms with Gasteiger partial charge in [-0.2, -0.15) is 0 Å². The summed E-state index contributed by atoms with van der Waals surface area (Å²) in [5.74, 6) is 0.159. The van der Waals surface area contributed by atoms with Crippen LogP contribution in [0.2, 0.25) is 0 Å². The van der Waals surface area contributed by atoms with Gasteiger partial charge in [0.1, 0.15) is 0 Å². The lowest BCUT2D eigenvalue weighted by Gasteiger charge is -2.33. The van der Waals surface area contributed by atoms with Gasteiger partial charge in [0.25, 0.3) is 0 Å². The normalized spacial score (nSPS) is 31.5. The average Bonchev–Trinajstić information content (AvgIpc) is 2.18. The van der Waals surface area contributed by atoms with Gasteiger partial charge in [0.2, 0.25) is 0 Å². The summed E-state index contributed by atoms with van der Waals surface area (Å²) in [7, 11) is 0. The van der Waals surface area contributed by atoms with Crippen molar-refractivity contribution < 1.29 is 9.59 Å². The van der Waals surface area contributed by atoms with Crippen LogP contribution in [-0.4, -0.2) is 11.6 Å². The van der Waals surface area contributed by atoms with Gasteiger partial charge in [0.05, 0.1) is 0 Å². The zero-order valence-electron chi connectivity index (χ0n) is 9.46. The van der Waals surface area contributed by atoms with Gasteiger partial charge in [-0.05, 0) is 45.3 Å². The molecule has 0 aromatic heterocycles. The SMILES string of the molecule is CC1=CC(=O)[C@@H]2CC(C)=C(C)C[C@@H]2C1=O. The molecule has 2 nitrogen and oxygen atoms in total. The second kappa shape index (κ2) is 3.44. The minimum Gasteiger partial charge on any atom is -0.294 e. The second-order valence-electron chi connectivity index (χ2n) is 4.78. The maximum atomic E-state index is 11.9. The van der Waals surface area contributed by atoms with E-state index in [1.165, 1.54) is 17.2 Å². The number of Topliss-reactive ketones (excluding diaryl/α,β-unsaturated/α-hetero) is 1. The molecule has 0 aromatic carbocycles. The number of carbonyl (C=O) groups excluding carboxylic acids is 2. The predicted octanol–water partition coefficient (Wildman–Crippen LogP) is 2.45. The Morgan fingerprint density at radius 1 is 1.00 bits per heavy atom. The molecule has 0 heterocycles. The van der Waals surface area contributed by atoms with Gasteiger partial charge in [0.15, 0.2) is 11.6 Å². The third kappa shape index (κ3) is 1.58. The fourth-order valence-electron chi connectivity index (χ4n) is 2.55. The molecular formula is C13H16O2. The fourth-order valence-corrected chi connectivity index (χ4v) is 2.55. The maximum absolute atomic E-state index is 11.9. The zero-order valence-corrected chi connectivity index (χ0v) is 9.46. The third-order valence-corrected chi connectivity index (χ3v) is 3.72. The molecule has 2 aliphatic carbocycles. The van der Waals surface area contributed by atoms with Gasteiger partial charge in [-0.3, -0.25) is 9.59 Å². The topological polar surface area (TPSA) is 34.1 Å². The molecule has 0 N–H and O–H groups in total. The van der Waals surface area contributed by atoms with Crippen LogP contribution in [0.5, 0.6) is 0 Å². The number of carbonyl (C=O) groups is 2. The van der Waals surface area contributed by atoms with Crippen LogP contribution in [-0.2, 0) is 9.59 Å². The van der Waals surface area contributed by atoms with Crippen molar-refractivity contribution in [2.75, 3.05) is 0 Å². The Balaban J connectivity index is 2.38. The molecule has 2 aliphatic rings. The molecule has 2 heteroatoms. The third-order valence-electron chi connectivity index (χ3n) is 3.72. The number of hydrogen-bond donors (Lipinski definition) is 0. The van der Waals surface area contributed by atoms with E-state index < -0.39 is 0 Å². The van der Waals surface area contributed by atoms with Gasteiger partial charge >= 0.3 is 0 Å². The predicted molar refractivity (Wildman–Crippen MR) is 58.4 cm³/mol. The molecule has 80 valence electrons. The van der Waals surface area contributed by atoms with Crippen molar-refractivity contribution in [1.29, 1.82) is 0 Å². The molecule has 0 unspecified atom stereocenters. The van der Waals surface area contributed by atoms with Gasteiger partial charge in [-0.25, -0.2) is 0 Å². The first-order chi connectivity index (χ1) is 7.00. The smallest absolute Gasteiger partial charge is 0.162 e. The fraction of sp³-hybridized carbons (Fsp3) is 0.538. The molecule has 0 fully saturated rings. The van der Waals surface area contributed by atoms with E-state index >= 15 is 0 Å². The van der Waals surface area contributed by atoms with E-state index in [2.05, 4.69) is 13.8 Å². The number of fused-ring (bicyclic) bond motifs is 1. The number of rotatable bonds is 0. The summed E-state index contributed by atoms with van der Waals surface area (Å²) < 4.78 is 0. The monoisotopic (exact) mass is 204 g/mol. The van der Waals surface area contributed by atoms with Crippen LogP contribution in [0.4, 0.5) is 0 Å². The summed E-state index contributed by atoms with van der Waals surface area (Å²) in [6.45, 7) is 5.88. The van der Waals surface area contributed by atoms with Crippen LogP contribution in [0.3, 0.4) is 0 Å². The van der Waals surface area contributed by atoms with Gasteiger partial charge in [-0.15, -0.1) is 0 Å². The summed E-state index contributed by atoms with van der Waals surface area (Å²) in [5.41, 5.74) is 3.20. The highest BCUT2D eigenvalue weighted by molar-refractivity contribution is 6.10. The van der Waals surface area contributed by atoms with E-state index in [-0.39, 0.29) is 23.4 Å². The molecule has 2 atom stereocenters. The highest BCUT2D eigenvalue weighted by Gasteiger charge is 2.39. The Morgan fingerprint density at radius 3 is 2.13 bits per heavy atom. The van der Waals surface area contributed by atoms with Crippen molar-refractivity contribution >= 4 is 11.6 Å². The van der Waals surface area contributed by atoms with E-state index in [0.29, 0.717) is 5.57 Å². The van der Waals surface area contributed by atoms with E-state index in [4.69, 9.17) is 0 Å². The molecular weight excluding hydrogens is 188 g/mol. The molecule has 0 saturated heterocycles. The van der Waals surface area contributed by atoms with E-state index in [0.717, 1.165) is 12.8 Å². The van der Waals surface area contributed by atoms with Crippen LogP contribution in [0.25, 0.3) is 0 Å². The summed E-state index contributed by atoms with van der Waals surface area (Å²) in [5, 5.41) is 0. The van der Waals surface area contributed by atoms with Crippen molar-refractivity contribution in [2.24, 2.45) is 11.8 Å². The first-order valence-corrected chi connectivity index (χ1v) is 5.42. The number of allylic oxidation sites excluding steroid dienone is 4. The largest absolute Gasteiger partial charge is 0.294 e. The van der Waals surface area contributed by atoms with Crippen molar-refractivity contribution in [3.63, 3.8) is 0 Å². The average molecular weight is 204 g/mol. The van der Waals surface area contributed by atoms with Crippen molar-refractivity contribution in [3.8, 4) is 0 Å². The highest BCUT2D eigenvalue weighted by Crippen LogP contribution is 2.38.